The number of sulfonamides is 1. The van der Waals surface area contributed by atoms with Crippen molar-refractivity contribution in [1.82, 2.24) is 14.2 Å². The lowest BCUT2D eigenvalue weighted by molar-refractivity contribution is -0.140. The van der Waals surface area contributed by atoms with E-state index in [0.717, 1.165) is 4.31 Å². The molecule has 1 aromatic carbocycles. The summed E-state index contributed by atoms with van der Waals surface area (Å²) in [4.78, 5) is 34.0. The van der Waals surface area contributed by atoms with E-state index in [4.69, 9.17) is 4.42 Å². The molecule has 148 valence electrons. The van der Waals surface area contributed by atoms with Crippen LogP contribution in [0.2, 0.25) is 0 Å². The number of carbonyl (C=O) groups excluding carboxylic acids is 1. The van der Waals surface area contributed by atoms with Crippen LogP contribution in [0.5, 0.6) is 0 Å². The maximum atomic E-state index is 13.0. The van der Waals surface area contributed by atoms with Gasteiger partial charge in [0.05, 0.1) is 10.4 Å². The van der Waals surface area contributed by atoms with Crippen molar-refractivity contribution in [3.63, 3.8) is 0 Å². The third-order valence-electron chi connectivity index (χ3n) is 4.06. The van der Waals surface area contributed by atoms with E-state index in [1.54, 1.807) is 6.92 Å². The van der Waals surface area contributed by atoms with Crippen molar-refractivity contribution in [2.45, 2.75) is 38.3 Å². The lowest BCUT2D eigenvalue weighted by Crippen LogP contribution is -2.46. The number of aryl methyl sites for hydroxylation is 1. The normalized spacial score (nSPS) is 13.0. The number of benzene rings is 1. The molecular weight excluding hydrogens is 378 g/mol. The fourth-order valence-corrected chi connectivity index (χ4v) is 4.23. The third kappa shape index (κ3) is 4.19. The smallest absolute Gasteiger partial charge is 0.419 e. The van der Waals surface area contributed by atoms with Crippen molar-refractivity contribution >= 4 is 33.0 Å². The number of hydrogen-bond acceptors (Lipinski definition) is 6. The van der Waals surface area contributed by atoms with Gasteiger partial charge in [-0.1, -0.05) is 0 Å². The predicted octanol–water partition coefficient (Wildman–Crippen LogP) is 0.214. The number of oxazole rings is 1. The van der Waals surface area contributed by atoms with E-state index in [1.165, 1.54) is 36.6 Å². The highest BCUT2D eigenvalue weighted by Crippen LogP contribution is 2.23. The number of carbonyl (C=O) groups is 2. The molecule has 1 heterocycles. The number of rotatable bonds is 8. The van der Waals surface area contributed by atoms with Crippen molar-refractivity contribution < 1.29 is 27.5 Å². The highest BCUT2D eigenvalue weighted by atomic mass is 32.2. The molecule has 0 bridgehead atoms. The number of hydrogen-bond donors (Lipinski definition) is 2. The van der Waals surface area contributed by atoms with E-state index >= 15 is 0 Å². The lowest BCUT2D eigenvalue weighted by atomic mass is 10.3. The quantitative estimate of drug-likeness (QED) is 0.647. The van der Waals surface area contributed by atoms with Gasteiger partial charge >= 0.3 is 11.7 Å². The number of carboxylic acids is 1. The molecule has 1 unspecified atom stereocenters. The van der Waals surface area contributed by atoms with E-state index < -0.39 is 27.8 Å². The van der Waals surface area contributed by atoms with E-state index in [1.807, 2.05) is 0 Å². The molecule has 0 saturated carbocycles. The summed E-state index contributed by atoms with van der Waals surface area (Å²) < 4.78 is 33.2. The molecule has 0 aliphatic heterocycles. The fourth-order valence-electron chi connectivity index (χ4n) is 2.63. The Kier molecular flexibility index (Phi) is 6.06. The zero-order chi connectivity index (χ0) is 20.4. The van der Waals surface area contributed by atoms with Crippen LogP contribution >= 0.6 is 0 Å². The molecule has 1 amide bonds. The molecule has 0 spiro atoms. The van der Waals surface area contributed by atoms with Gasteiger partial charge in [0.25, 0.3) is 0 Å². The monoisotopic (exact) mass is 399 g/mol. The molecule has 1 atom stereocenters. The molecule has 27 heavy (non-hydrogen) atoms. The molecule has 2 rings (SSSR count). The number of nitrogens with zero attached hydrogens (tertiary/aromatic N) is 2. The summed E-state index contributed by atoms with van der Waals surface area (Å²) in [6, 6.07) is 2.57. The maximum absolute atomic E-state index is 13.0. The van der Waals surface area contributed by atoms with E-state index in [-0.39, 0.29) is 29.5 Å². The molecule has 0 fully saturated rings. The topological polar surface area (TPSA) is 139 Å². The summed E-state index contributed by atoms with van der Waals surface area (Å²) in [7, 11) is -4.22. The number of nitrogens with one attached hydrogen (secondary N) is 1. The number of amides is 1. The van der Waals surface area contributed by atoms with Crippen molar-refractivity contribution in [3.8, 4) is 0 Å². The SMILES string of the molecule is CCn1c(=O)oc2cc(S(=O)(=O)N(CCNC(C)=O)C(C)C(=O)O)ccc21. The largest absolute Gasteiger partial charge is 0.480 e. The summed E-state index contributed by atoms with van der Waals surface area (Å²) >= 11 is 0. The van der Waals surface area contributed by atoms with Crippen LogP contribution < -0.4 is 11.1 Å². The van der Waals surface area contributed by atoms with Crippen LogP contribution in [0, 0.1) is 0 Å². The second-order valence-electron chi connectivity index (χ2n) is 5.85. The first-order chi connectivity index (χ1) is 12.6. The molecule has 2 N–H and O–H groups in total. The van der Waals surface area contributed by atoms with Crippen LogP contribution in [0.1, 0.15) is 20.8 Å². The van der Waals surface area contributed by atoms with Gasteiger partial charge in [0.15, 0.2) is 5.58 Å². The molecular formula is C16H21N3O7S. The second kappa shape index (κ2) is 7.92. The number of aliphatic carboxylic acids is 1. The van der Waals surface area contributed by atoms with Gasteiger partial charge in [0.1, 0.15) is 6.04 Å². The average Bonchev–Trinajstić information content (AvgIpc) is 2.91. The predicted molar refractivity (Wildman–Crippen MR) is 95.8 cm³/mol. The molecule has 2 aromatic rings. The van der Waals surface area contributed by atoms with Gasteiger partial charge in [-0.25, -0.2) is 13.2 Å². The second-order valence-corrected chi connectivity index (χ2v) is 7.75. The molecule has 0 aliphatic rings. The molecule has 0 radical (unpaired) electrons. The highest BCUT2D eigenvalue weighted by molar-refractivity contribution is 7.89. The minimum atomic E-state index is -4.22. The van der Waals surface area contributed by atoms with Crippen molar-refractivity contribution in [1.29, 1.82) is 0 Å². The van der Waals surface area contributed by atoms with Crippen LogP contribution in [0.25, 0.3) is 11.1 Å². The zero-order valence-electron chi connectivity index (χ0n) is 15.1. The maximum Gasteiger partial charge on any atom is 0.419 e. The van der Waals surface area contributed by atoms with Gasteiger partial charge in [-0.05, 0) is 26.0 Å². The third-order valence-corrected chi connectivity index (χ3v) is 6.02. The van der Waals surface area contributed by atoms with Crippen LogP contribution in [0.15, 0.2) is 32.3 Å². The van der Waals surface area contributed by atoms with Gasteiger partial charge < -0.3 is 14.8 Å². The lowest BCUT2D eigenvalue weighted by Gasteiger charge is -2.25. The standard InChI is InChI=1S/C16H21N3O7S/c1-4-18-13-6-5-12(9-14(13)26-16(18)23)27(24,25)19(10(2)15(21)22)8-7-17-11(3)20/h5-6,9-10H,4,7-8H2,1-3H3,(H,17,20)(H,21,22). The van der Waals surface area contributed by atoms with Gasteiger partial charge in [-0.2, -0.15) is 4.31 Å². The Morgan fingerprint density at radius 3 is 2.59 bits per heavy atom. The minimum absolute atomic E-state index is 0.0459. The summed E-state index contributed by atoms with van der Waals surface area (Å²) in [6.07, 6.45) is 0. The number of fused-ring (bicyclic) bond motifs is 1. The molecule has 0 aliphatic carbocycles. The highest BCUT2D eigenvalue weighted by Gasteiger charge is 2.33. The van der Waals surface area contributed by atoms with E-state index in [9.17, 15) is 27.9 Å². The molecule has 1 aromatic heterocycles. The van der Waals surface area contributed by atoms with Crippen LogP contribution in [-0.2, 0) is 26.2 Å². The van der Waals surface area contributed by atoms with Crippen molar-refractivity contribution in [3.05, 3.63) is 28.7 Å². The van der Waals surface area contributed by atoms with Crippen molar-refractivity contribution in [2.24, 2.45) is 0 Å². The van der Waals surface area contributed by atoms with Gasteiger partial charge in [0.2, 0.25) is 15.9 Å². The first kappa shape index (κ1) is 20.6. The van der Waals surface area contributed by atoms with Crippen molar-refractivity contribution in [2.75, 3.05) is 13.1 Å². The average molecular weight is 399 g/mol. The first-order valence-corrected chi connectivity index (χ1v) is 9.66. The Hall–Kier alpha value is -2.66. The molecule has 0 saturated heterocycles. The Labute approximate surface area is 155 Å². The molecule has 10 nitrogen and oxygen atoms in total. The Balaban J connectivity index is 2.47. The minimum Gasteiger partial charge on any atom is -0.480 e. The zero-order valence-corrected chi connectivity index (χ0v) is 15.9. The molecule has 11 heteroatoms. The van der Waals surface area contributed by atoms with Crippen LogP contribution in [0.4, 0.5) is 0 Å². The van der Waals surface area contributed by atoms with Crippen LogP contribution in [-0.4, -0.2) is 53.4 Å². The Morgan fingerprint density at radius 1 is 1.37 bits per heavy atom. The Bertz CT molecular complexity index is 1020. The first-order valence-electron chi connectivity index (χ1n) is 8.22. The van der Waals surface area contributed by atoms with Gasteiger partial charge in [0, 0.05) is 32.6 Å². The number of aromatic nitrogens is 1. The summed E-state index contributed by atoms with van der Waals surface area (Å²) in [5.41, 5.74) is 0.533. The summed E-state index contributed by atoms with van der Waals surface area (Å²) in [5, 5.41) is 11.7. The fraction of sp³-hybridized carbons (Fsp3) is 0.438. The summed E-state index contributed by atoms with van der Waals surface area (Å²) in [5.74, 6) is -2.30. The van der Waals surface area contributed by atoms with E-state index in [2.05, 4.69) is 5.32 Å². The Morgan fingerprint density at radius 2 is 2.04 bits per heavy atom. The van der Waals surface area contributed by atoms with Gasteiger partial charge in [-0.3, -0.25) is 14.2 Å². The van der Waals surface area contributed by atoms with Gasteiger partial charge in [-0.15, -0.1) is 0 Å². The number of carboxylic acid groups (broad SMARTS) is 1. The van der Waals surface area contributed by atoms with Crippen LogP contribution in [0.3, 0.4) is 0 Å². The van der Waals surface area contributed by atoms with E-state index in [0.29, 0.717) is 12.1 Å². The summed E-state index contributed by atoms with van der Waals surface area (Å²) in [6.45, 7) is 4.34.